The molecule has 2 aromatic carbocycles. The first-order chi connectivity index (χ1) is 9.11. The monoisotopic (exact) mass is 292 g/mol. The molecule has 3 rings (SSSR count). The second-order valence-electron chi connectivity index (χ2n) is 3.96. The minimum absolute atomic E-state index is 0.456. The maximum Gasteiger partial charge on any atom is 0.417 e. The molecule has 1 heterocycles. The SMILES string of the molecule is Nc1cc2oc(=O)[nH]c2cc1Sc1cccc(Cl)c1. The van der Waals surface area contributed by atoms with Gasteiger partial charge >= 0.3 is 5.76 Å². The number of oxazole rings is 1. The van der Waals surface area contributed by atoms with E-state index >= 15 is 0 Å². The molecule has 96 valence electrons. The van der Waals surface area contributed by atoms with Gasteiger partial charge < -0.3 is 10.2 Å². The Balaban J connectivity index is 2.04. The highest BCUT2D eigenvalue weighted by Crippen LogP contribution is 2.35. The predicted molar refractivity (Wildman–Crippen MR) is 76.8 cm³/mol. The highest BCUT2D eigenvalue weighted by Gasteiger charge is 2.08. The Hall–Kier alpha value is -1.85. The van der Waals surface area contributed by atoms with Gasteiger partial charge in [0.25, 0.3) is 0 Å². The molecule has 3 aromatic rings. The summed E-state index contributed by atoms with van der Waals surface area (Å²) in [5, 5.41) is 0.668. The van der Waals surface area contributed by atoms with Gasteiger partial charge in [-0.1, -0.05) is 29.4 Å². The van der Waals surface area contributed by atoms with Crippen molar-refractivity contribution in [2.75, 3.05) is 5.73 Å². The Bertz CT molecular complexity index is 810. The number of rotatable bonds is 2. The summed E-state index contributed by atoms with van der Waals surface area (Å²) in [6.07, 6.45) is 0. The maximum absolute atomic E-state index is 11.1. The van der Waals surface area contributed by atoms with Crippen molar-refractivity contribution in [2.45, 2.75) is 9.79 Å². The molecule has 0 saturated carbocycles. The molecule has 0 spiro atoms. The number of H-pyrrole nitrogens is 1. The smallest absolute Gasteiger partial charge is 0.408 e. The number of hydrogen-bond acceptors (Lipinski definition) is 4. The fourth-order valence-corrected chi connectivity index (χ4v) is 2.93. The number of hydrogen-bond donors (Lipinski definition) is 2. The van der Waals surface area contributed by atoms with E-state index in [-0.39, 0.29) is 0 Å². The van der Waals surface area contributed by atoms with Gasteiger partial charge in [-0.15, -0.1) is 0 Å². The van der Waals surface area contributed by atoms with Crippen LogP contribution in [0.5, 0.6) is 0 Å². The fraction of sp³-hybridized carbons (Fsp3) is 0. The fourth-order valence-electron chi connectivity index (χ4n) is 1.74. The Labute approximate surface area is 117 Å². The number of benzene rings is 2. The first-order valence-corrected chi connectivity index (χ1v) is 6.67. The minimum Gasteiger partial charge on any atom is -0.408 e. The van der Waals surface area contributed by atoms with Gasteiger partial charge in [-0.3, -0.25) is 4.98 Å². The van der Waals surface area contributed by atoms with Crippen molar-refractivity contribution in [1.29, 1.82) is 0 Å². The highest BCUT2D eigenvalue weighted by atomic mass is 35.5. The van der Waals surface area contributed by atoms with Crippen LogP contribution in [0.15, 0.2) is 55.4 Å². The van der Waals surface area contributed by atoms with Crippen LogP contribution in [-0.4, -0.2) is 4.98 Å². The summed E-state index contributed by atoms with van der Waals surface area (Å²) in [5.74, 6) is -0.487. The zero-order chi connectivity index (χ0) is 13.4. The van der Waals surface area contributed by atoms with Crippen LogP contribution in [0.1, 0.15) is 0 Å². The van der Waals surface area contributed by atoms with E-state index in [0.717, 1.165) is 9.79 Å². The third kappa shape index (κ3) is 2.47. The zero-order valence-electron chi connectivity index (χ0n) is 9.64. The second kappa shape index (κ2) is 4.68. The Morgan fingerprint density at radius 3 is 2.89 bits per heavy atom. The van der Waals surface area contributed by atoms with Gasteiger partial charge in [0.1, 0.15) is 0 Å². The van der Waals surface area contributed by atoms with Crippen molar-refractivity contribution in [2.24, 2.45) is 0 Å². The van der Waals surface area contributed by atoms with E-state index < -0.39 is 5.76 Å². The molecule has 0 aliphatic rings. The average molecular weight is 293 g/mol. The van der Waals surface area contributed by atoms with E-state index in [1.165, 1.54) is 11.8 Å². The van der Waals surface area contributed by atoms with Crippen LogP contribution in [0, 0.1) is 0 Å². The molecule has 0 aliphatic heterocycles. The van der Waals surface area contributed by atoms with Gasteiger partial charge in [0.2, 0.25) is 0 Å². The molecule has 0 unspecified atom stereocenters. The summed E-state index contributed by atoms with van der Waals surface area (Å²) >= 11 is 7.42. The minimum atomic E-state index is -0.487. The molecule has 0 aliphatic carbocycles. The molecule has 0 amide bonds. The van der Waals surface area contributed by atoms with E-state index in [2.05, 4.69) is 4.98 Å². The van der Waals surface area contributed by atoms with Crippen molar-refractivity contribution in [3.63, 3.8) is 0 Å². The largest absolute Gasteiger partial charge is 0.417 e. The number of fused-ring (bicyclic) bond motifs is 1. The third-order valence-electron chi connectivity index (χ3n) is 2.58. The van der Waals surface area contributed by atoms with Gasteiger partial charge in [-0.2, -0.15) is 0 Å². The number of aromatic amines is 1. The third-order valence-corrected chi connectivity index (χ3v) is 3.87. The number of aromatic nitrogens is 1. The molecule has 0 radical (unpaired) electrons. The van der Waals surface area contributed by atoms with Crippen molar-refractivity contribution >= 4 is 40.1 Å². The van der Waals surface area contributed by atoms with Crippen LogP contribution in [-0.2, 0) is 0 Å². The predicted octanol–water partition coefficient (Wildman–Crippen LogP) is 3.51. The molecule has 4 nitrogen and oxygen atoms in total. The lowest BCUT2D eigenvalue weighted by Crippen LogP contribution is -1.93. The molecule has 0 bridgehead atoms. The van der Waals surface area contributed by atoms with Crippen LogP contribution in [0.3, 0.4) is 0 Å². The first-order valence-electron chi connectivity index (χ1n) is 5.47. The molecule has 0 saturated heterocycles. The Morgan fingerprint density at radius 1 is 1.26 bits per heavy atom. The summed E-state index contributed by atoms with van der Waals surface area (Å²) in [6, 6.07) is 10.9. The Kier molecular flexibility index (Phi) is 3.00. The molecule has 19 heavy (non-hydrogen) atoms. The standard InChI is InChI=1S/C13H9ClN2O2S/c14-7-2-1-3-8(4-7)19-12-6-10-11(5-9(12)15)18-13(17)16-10/h1-6H,15H2,(H,16,17). The van der Waals surface area contributed by atoms with Gasteiger partial charge in [0.05, 0.1) is 5.52 Å². The number of halogens is 1. The van der Waals surface area contributed by atoms with Gasteiger partial charge in [-0.05, 0) is 24.3 Å². The van der Waals surface area contributed by atoms with E-state index in [1.807, 2.05) is 24.3 Å². The zero-order valence-corrected chi connectivity index (χ0v) is 11.2. The summed E-state index contributed by atoms with van der Waals surface area (Å²) in [4.78, 5) is 15.5. The normalized spacial score (nSPS) is 11.0. The molecular formula is C13H9ClN2O2S. The van der Waals surface area contributed by atoms with Crippen molar-refractivity contribution in [3.8, 4) is 0 Å². The maximum atomic E-state index is 11.1. The number of nitrogen functional groups attached to an aromatic ring is 1. The molecule has 0 fully saturated rings. The van der Waals surface area contributed by atoms with Gasteiger partial charge in [0.15, 0.2) is 5.58 Å². The summed E-state index contributed by atoms with van der Waals surface area (Å²) in [5.41, 5.74) is 7.59. The van der Waals surface area contributed by atoms with E-state index in [0.29, 0.717) is 21.8 Å². The van der Waals surface area contributed by atoms with Crippen LogP contribution in [0.4, 0.5) is 5.69 Å². The van der Waals surface area contributed by atoms with E-state index in [4.69, 9.17) is 21.8 Å². The van der Waals surface area contributed by atoms with Gasteiger partial charge in [0, 0.05) is 26.6 Å². The Morgan fingerprint density at radius 2 is 2.11 bits per heavy atom. The van der Waals surface area contributed by atoms with E-state index in [1.54, 1.807) is 12.1 Å². The summed E-state index contributed by atoms with van der Waals surface area (Å²) in [7, 11) is 0. The highest BCUT2D eigenvalue weighted by molar-refractivity contribution is 7.99. The first kappa shape index (κ1) is 12.2. The molecule has 3 N–H and O–H groups in total. The second-order valence-corrected chi connectivity index (χ2v) is 5.51. The summed E-state index contributed by atoms with van der Waals surface area (Å²) < 4.78 is 4.95. The van der Waals surface area contributed by atoms with Crippen LogP contribution < -0.4 is 11.5 Å². The lowest BCUT2D eigenvalue weighted by molar-refractivity contribution is 0.555. The van der Waals surface area contributed by atoms with Gasteiger partial charge in [-0.25, -0.2) is 4.79 Å². The van der Waals surface area contributed by atoms with Crippen LogP contribution in [0.2, 0.25) is 5.02 Å². The molecule has 1 aromatic heterocycles. The number of anilines is 1. The van der Waals surface area contributed by atoms with Crippen molar-refractivity contribution < 1.29 is 4.42 Å². The van der Waals surface area contributed by atoms with Crippen LogP contribution >= 0.6 is 23.4 Å². The lowest BCUT2D eigenvalue weighted by Gasteiger charge is -2.05. The summed E-state index contributed by atoms with van der Waals surface area (Å²) in [6.45, 7) is 0. The van der Waals surface area contributed by atoms with E-state index in [9.17, 15) is 4.79 Å². The molecule has 6 heteroatoms. The average Bonchev–Trinajstić information content (AvgIpc) is 2.69. The van der Waals surface area contributed by atoms with Crippen molar-refractivity contribution in [1.82, 2.24) is 4.98 Å². The molecular weight excluding hydrogens is 284 g/mol. The lowest BCUT2D eigenvalue weighted by atomic mass is 10.3. The number of nitrogens with one attached hydrogen (secondary N) is 1. The number of nitrogens with two attached hydrogens (primary N) is 1. The van der Waals surface area contributed by atoms with Crippen molar-refractivity contribution in [3.05, 3.63) is 52.0 Å². The molecule has 0 atom stereocenters. The van der Waals surface area contributed by atoms with Crippen LogP contribution in [0.25, 0.3) is 11.1 Å². The quantitative estimate of drug-likeness (QED) is 0.709. The topological polar surface area (TPSA) is 72.0 Å².